The lowest BCUT2D eigenvalue weighted by Gasteiger charge is -2.30. The number of aryl methyl sites for hydroxylation is 2. The molecule has 0 bridgehead atoms. The smallest absolute Gasteiger partial charge is 0.108 e. The lowest BCUT2D eigenvalue weighted by atomic mass is 9.80. The van der Waals surface area contributed by atoms with E-state index in [1.165, 1.54) is 5.56 Å². The molecular weight excluding hydrogens is 279 g/mol. The van der Waals surface area contributed by atoms with Gasteiger partial charge in [-0.3, -0.25) is 0 Å². The third kappa shape index (κ3) is 3.13. The van der Waals surface area contributed by atoms with E-state index in [9.17, 15) is 0 Å². The minimum Gasteiger partial charge on any atom is -0.338 e. The molecule has 0 atom stereocenters. The number of aromatic nitrogens is 2. The van der Waals surface area contributed by atoms with Crippen LogP contribution in [0, 0.1) is 0 Å². The number of nitrogens with zero attached hydrogens (tertiary/aromatic N) is 2. The maximum atomic E-state index is 6.23. The van der Waals surface area contributed by atoms with Gasteiger partial charge in [0, 0.05) is 43.0 Å². The topological polar surface area (TPSA) is 17.8 Å². The first-order chi connectivity index (χ1) is 9.22. The third-order valence-electron chi connectivity index (χ3n) is 3.65. The first kappa shape index (κ1) is 14.4. The molecule has 0 saturated heterocycles. The van der Waals surface area contributed by atoms with Crippen LogP contribution in [0.1, 0.15) is 17.8 Å². The van der Waals surface area contributed by atoms with Crippen LogP contribution in [0.3, 0.4) is 0 Å². The van der Waals surface area contributed by atoms with Crippen LogP contribution in [0.15, 0.2) is 42.7 Å². The van der Waals surface area contributed by atoms with Gasteiger partial charge in [0.25, 0.3) is 0 Å². The van der Waals surface area contributed by atoms with Crippen molar-refractivity contribution in [1.82, 2.24) is 9.55 Å². The van der Waals surface area contributed by atoms with Crippen LogP contribution in [-0.4, -0.2) is 21.3 Å². The number of hydrogen-bond acceptors (Lipinski definition) is 1. The zero-order chi connectivity index (χ0) is 13.7. The number of hydrogen-bond donors (Lipinski definition) is 0. The largest absolute Gasteiger partial charge is 0.338 e. The van der Waals surface area contributed by atoms with Crippen LogP contribution in [0.25, 0.3) is 0 Å². The van der Waals surface area contributed by atoms with E-state index < -0.39 is 0 Å². The van der Waals surface area contributed by atoms with Crippen LogP contribution in [0.2, 0.25) is 0 Å². The van der Waals surface area contributed by atoms with Crippen molar-refractivity contribution in [1.29, 1.82) is 0 Å². The highest BCUT2D eigenvalue weighted by Gasteiger charge is 2.30. The molecule has 19 heavy (non-hydrogen) atoms. The summed E-state index contributed by atoms with van der Waals surface area (Å²) in [4.78, 5) is 4.36. The molecule has 4 heteroatoms. The van der Waals surface area contributed by atoms with Crippen molar-refractivity contribution in [3.63, 3.8) is 0 Å². The number of halogens is 2. The van der Waals surface area contributed by atoms with E-state index in [-0.39, 0.29) is 5.41 Å². The highest BCUT2D eigenvalue weighted by Crippen LogP contribution is 2.32. The van der Waals surface area contributed by atoms with E-state index in [0.29, 0.717) is 11.8 Å². The van der Waals surface area contributed by atoms with Gasteiger partial charge in [-0.2, -0.15) is 0 Å². The fraction of sp³-hybridized carbons (Fsp3) is 0.400. The first-order valence-corrected chi connectivity index (χ1v) is 7.42. The van der Waals surface area contributed by atoms with Gasteiger partial charge in [-0.05, 0) is 12.0 Å². The van der Waals surface area contributed by atoms with Gasteiger partial charge in [-0.15, -0.1) is 23.2 Å². The van der Waals surface area contributed by atoms with Crippen molar-refractivity contribution >= 4 is 23.2 Å². The predicted molar refractivity (Wildman–Crippen MR) is 81.1 cm³/mol. The van der Waals surface area contributed by atoms with Crippen molar-refractivity contribution < 1.29 is 0 Å². The quantitative estimate of drug-likeness (QED) is 0.742. The highest BCUT2D eigenvalue weighted by molar-refractivity contribution is 6.22. The second-order valence-corrected chi connectivity index (χ2v) is 5.40. The molecule has 0 amide bonds. The molecule has 0 radical (unpaired) electrons. The zero-order valence-corrected chi connectivity index (χ0v) is 12.5. The normalized spacial score (nSPS) is 11.7. The molecule has 0 saturated carbocycles. The minimum absolute atomic E-state index is 0.184. The van der Waals surface area contributed by atoms with Gasteiger partial charge in [-0.1, -0.05) is 30.3 Å². The molecule has 0 N–H and O–H groups in total. The summed E-state index contributed by atoms with van der Waals surface area (Å²) >= 11 is 12.5. The Morgan fingerprint density at radius 1 is 1.16 bits per heavy atom. The van der Waals surface area contributed by atoms with E-state index in [1.807, 2.05) is 42.2 Å². The van der Waals surface area contributed by atoms with Crippen LogP contribution < -0.4 is 0 Å². The monoisotopic (exact) mass is 296 g/mol. The second-order valence-electron chi connectivity index (χ2n) is 4.87. The predicted octanol–water partition coefficient (Wildman–Crippen LogP) is 3.77. The highest BCUT2D eigenvalue weighted by atomic mass is 35.5. The van der Waals surface area contributed by atoms with Gasteiger partial charge in [0.2, 0.25) is 0 Å². The first-order valence-electron chi connectivity index (χ1n) is 6.35. The van der Waals surface area contributed by atoms with Gasteiger partial charge < -0.3 is 4.57 Å². The van der Waals surface area contributed by atoms with E-state index >= 15 is 0 Å². The number of benzene rings is 1. The van der Waals surface area contributed by atoms with Crippen molar-refractivity contribution in [2.45, 2.75) is 18.3 Å². The molecule has 2 rings (SSSR count). The lowest BCUT2D eigenvalue weighted by molar-refractivity contribution is 0.482. The average molecular weight is 297 g/mol. The van der Waals surface area contributed by atoms with E-state index in [4.69, 9.17) is 23.2 Å². The minimum atomic E-state index is -0.184. The number of alkyl halides is 2. The van der Waals surface area contributed by atoms with Crippen LogP contribution in [-0.2, 0) is 18.9 Å². The average Bonchev–Trinajstić information content (AvgIpc) is 2.87. The molecule has 2 nitrogen and oxygen atoms in total. The Hall–Kier alpha value is -0.990. The summed E-state index contributed by atoms with van der Waals surface area (Å²) in [6.45, 7) is 0. The molecule has 1 aromatic carbocycles. The molecule has 102 valence electrons. The Morgan fingerprint density at radius 3 is 2.37 bits per heavy atom. The molecule has 1 heterocycles. The maximum Gasteiger partial charge on any atom is 0.108 e. The van der Waals surface area contributed by atoms with Gasteiger partial charge in [0.1, 0.15) is 5.82 Å². The molecular formula is C15H18Cl2N2. The number of imidazole rings is 1. The Balaban J connectivity index is 2.18. The molecule has 2 aromatic rings. The molecule has 0 aliphatic rings. The SMILES string of the molecule is Cn1ccnc1CCC(CCl)(CCl)c1ccccc1. The zero-order valence-electron chi connectivity index (χ0n) is 11.0. The van der Waals surface area contributed by atoms with Crippen molar-refractivity contribution in [2.24, 2.45) is 7.05 Å². The van der Waals surface area contributed by atoms with Crippen molar-refractivity contribution in [2.75, 3.05) is 11.8 Å². The van der Waals surface area contributed by atoms with Gasteiger partial charge in [-0.25, -0.2) is 4.98 Å². The maximum absolute atomic E-state index is 6.23. The molecule has 0 aliphatic carbocycles. The fourth-order valence-electron chi connectivity index (χ4n) is 2.25. The summed E-state index contributed by atoms with van der Waals surface area (Å²) < 4.78 is 2.04. The van der Waals surface area contributed by atoms with Crippen LogP contribution >= 0.6 is 23.2 Å². The third-order valence-corrected chi connectivity index (χ3v) is 4.67. The standard InChI is InChI=1S/C15H18Cl2N2/c1-19-10-9-18-14(19)7-8-15(11-16,12-17)13-5-3-2-4-6-13/h2-6,9-10H,7-8,11-12H2,1H3. The fourth-order valence-corrected chi connectivity index (χ4v) is 3.11. The van der Waals surface area contributed by atoms with Gasteiger partial charge in [0.15, 0.2) is 0 Å². The van der Waals surface area contributed by atoms with Crippen molar-refractivity contribution in [3.8, 4) is 0 Å². The molecule has 0 fully saturated rings. The summed E-state index contributed by atoms with van der Waals surface area (Å²) in [6, 6.07) is 10.3. The second kappa shape index (κ2) is 6.44. The Bertz CT molecular complexity index is 504. The van der Waals surface area contributed by atoms with E-state index in [0.717, 1.165) is 18.7 Å². The van der Waals surface area contributed by atoms with Crippen LogP contribution in [0.5, 0.6) is 0 Å². The van der Waals surface area contributed by atoms with Crippen LogP contribution in [0.4, 0.5) is 0 Å². The Labute approximate surface area is 124 Å². The Kier molecular flexibility index (Phi) is 4.89. The van der Waals surface area contributed by atoms with E-state index in [2.05, 4.69) is 17.1 Å². The molecule has 0 spiro atoms. The van der Waals surface area contributed by atoms with Crippen molar-refractivity contribution in [3.05, 3.63) is 54.1 Å². The molecule has 0 aliphatic heterocycles. The van der Waals surface area contributed by atoms with Gasteiger partial charge >= 0.3 is 0 Å². The number of rotatable bonds is 6. The molecule has 1 aromatic heterocycles. The summed E-state index contributed by atoms with van der Waals surface area (Å²) in [7, 11) is 2.01. The van der Waals surface area contributed by atoms with E-state index in [1.54, 1.807) is 0 Å². The summed E-state index contributed by atoms with van der Waals surface area (Å²) in [5.41, 5.74) is 1.02. The summed E-state index contributed by atoms with van der Waals surface area (Å²) in [5, 5.41) is 0. The summed E-state index contributed by atoms with van der Waals surface area (Å²) in [6.07, 6.45) is 5.55. The molecule has 0 unspecified atom stereocenters. The lowest BCUT2D eigenvalue weighted by Crippen LogP contribution is -2.31. The van der Waals surface area contributed by atoms with Gasteiger partial charge in [0.05, 0.1) is 0 Å². The Morgan fingerprint density at radius 2 is 1.84 bits per heavy atom. The summed E-state index contributed by atoms with van der Waals surface area (Å²) in [5.74, 6) is 2.10.